The average Bonchev–Trinajstić information content (AvgIpc) is 3.32. The highest BCUT2D eigenvalue weighted by atomic mass is 19.4. The van der Waals surface area contributed by atoms with Gasteiger partial charge in [-0.3, -0.25) is 24.3 Å². The van der Waals surface area contributed by atoms with Crippen LogP contribution in [0.4, 0.5) is 69.7 Å². The number of carbonyl (C=O) groups is 6. The van der Waals surface area contributed by atoms with E-state index in [0.29, 0.717) is 23.5 Å². The number of nitrogens with two attached hydrogens (primary N) is 1. The number of para-hydroxylation sites is 3. The van der Waals surface area contributed by atoms with Crippen LogP contribution in [-0.4, -0.2) is 161 Å². The molecule has 2 fully saturated rings. The first-order valence-corrected chi connectivity index (χ1v) is 18.8. The van der Waals surface area contributed by atoms with Gasteiger partial charge in [-0.2, -0.15) is 52.7 Å². The number of carbonyl (C=O) groups excluding carboxylic acids is 2. The van der Waals surface area contributed by atoms with E-state index in [1.807, 2.05) is 42.5 Å². The maximum Gasteiger partial charge on any atom is 0.490 e. The largest absolute Gasteiger partial charge is 0.490 e. The van der Waals surface area contributed by atoms with E-state index in [9.17, 15) is 62.3 Å². The van der Waals surface area contributed by atoms with E-state index in [0.717, 1.165) is 76.8 Å². The van der Waals surface area contributed by atoms with Crippen molar-refractivity contribution >= 4 is 52.8 Å². The summed E-state index contributed by atoms with van der Waals surface area (Å²) in [5.41, 5.74) is 8.24. The number of aliphatic carboxylic acids is 4. The zero-order chi connectivity index (χ0) is 49.9. The fraction of sp³-hybridized carbons (Fsp3) is 0.514. The zero-order valence-electron chi connectivity index (χ0n) is 33.7. The Morgan fingerprint density at radius 3 is 1.38 bits per heavy atom. The average molecular weight is 961 g/mol. The van der Waals surface area contributed by atoms with Gasteiger partial charge < -0.3 is 36.4 Å². The Labute approximate surface area is 361 Å². The molecule has 0 aliphatic carbocycles. The van der Waals surface area contributed by atoms with Gasteiger partial charge in [0, 0.05) is 39.3 Å². The Morgan fingerprint density at radius 1 is 0.585 bits per heavy atom. The van der Waals surface area contributed by atoms with Crippen molar-refractivity contribution in [3.63, 3.8) is 0 Å². The summed E-state index contributed by atoms with van der Waals surface area (Å²) in [5, 5.41) is 31.5. The van der Waals surface area contributed by atoms with Crippen LogP contribution in [0.3, 0.4) is 0 Å². The second kappa shape index (κ2) is 25.7. The van der Waals surface area contributed by atoms with E-state index in [4.69, 9.17) is 45.3 Å². The summed E-state index contributed by atoms with van der Waals surface area (Å²) in [6.07, 6.45) is -15.5. The molecule has 0 saturated carbocycles. The standard InChI is InChI=1S/C29H40N6O2.4C2HF3O2/c30-13-17-33-20-18-32(19-21-33)14-5-6-23-11-15-34(16-12-23)22-28(36)35-26-9-3-1-7-24(26)29(37)31-25-8-2-4-10-27(25)35;4*3-2(4,5)1(6)7/h1-4,7-10,23H,5-6,11-22,30H2,(H,31,37);4*(H,6,7). The second-order valence-corrected chi connectivity index (χ2v) is 13.8. The van der Waals surface area contributed by atoms with Crippen LogP contribution in [0, 0.1) is 5.92 Å². The number of alkyl halides is 12. The fourth-order valence-electron chi connectivity index (χ4n) is 5.94. The molecule has 0 spiro atoms. The number of likely N-dealkylation sites (tertiary alicyclic amines) is 1. The summed E-state index contributed by atoms with van der Waals surface area (Å²) < 4.78 is 127. The summed E-state index contributed by atoms with van der Waals surface area (Å²) >= 11 is 0. The van der Waals surface area contributed by atoms with E-state index in [1.165, 1.54) is 19.4 Å². The van der Waals surface area contributed by atoms with Crippen LogP contribution in [0.15, 0.2) is 48.5 Å². The Bertz CT molecular complexity index is 1790. The van der Waals surface area contributed by atoms with E-state index in [1.54, 1.807) is 11.0 Å². The number of halogens is 12. The third kappa shape index (κ3) is 21.2. The van der Waals surface area contributed by atoms with E-state index >= 15 is 0 Å². The lowest BCUT2D eigenvalue weighted by Gasteiger charge is -2.35. The lowest BCUT2D eigenvalue weighted by atomic mass is 9.92. The molecule has 2 saturated heterocycles. The molecule has 3 aliphatic heterocycles. The number of piperidine rings is 1. The maximum atomic E-state index is 13.7. The third-order valence-electron chi connectivity index (χ3n) is 9.07. The smallest absolute Gasteiger partial charge is 0.475 e. The molecule has 65 heavy (non-hydrogen) atoms. The normalized spacial score (nSPS) is 16.1. The maximum absolute atomic E-state index is 13.7. The highest BCUT2D eigenvalue weighted by Gasteiger charge is 2.40. The van der Waals surface area contributed by atoms with Crippen molar-refractivity contribution in [1.82, 2.24) is 14.7 Å². The van der Waals surface area contributed by atoms with Crippen molar-refractivity contribution in [3.05, 3.63) is 54.1 Å². The van der Waals surface area contributed by atoms with Gasteiger partial charge in [-0.15, -0.1) is 0 Å². The number of piperazine rings is 1. The van der Waals surface area contributed by atoms with E-state index in [2.05, 4.69) is 20.0 Å². The fourth-order valence-corrected chi connectivity index (χ4v) is 5.94. The van der Waals surface area contributed by atoms with Crippen LogP contribution >= 0.6 is 0 Å². The van der Waals surface area contributed by atoms with E-state index in [-0.39, 0.29) is 11.8 Å². The molecule has 7 N–H and O–H groups in total. The number of carboxylic acids is 4. The van der Waals surface area contributed by atoms with Crippen LogP contribution in [0.25, 0.3) is 0 Å². The first-order valence-electron chi connectivity index (χ1n) is 18.8. The summed E-state index contributed by atoms with van der Waals surface area (Å²) in [6, 6.07) is 14.9. The lowest BCUT2D eigenvalue weighted by molar-refractivity contribution is -0.193. The molecule has 28 heteroatoms. The van der Waals surface area contributed by atoms with Gasteiger partial charge in [-0.1, -0.05) is 24.3 Å². The molecule has 366 valence electrons. The number of hydrogen-bond acceptors (Lipinski definition) is 10. The molecule has 0 unspecified atom stereocenters. The van der Waals surface area contributed by atoms with Gasteiger partial charge in [-0.25, -0.2) is 19.2 Å². The van der Waals surface area contributed by atoms with Gasteiger partial charge in [0.25, 0.3) is 5.91 Å². The quantitative estimate of drug-likeness (QED) is 0.179. The lowest BCUT2D eigenvalue weighted by Crippen LogP contribution is -2.47. The molecule has 0 radical (unpaired) electrons. The zero-order valence-corrected chi connectivity index (χ0v) is 33.7. The minimum atomic E-state index is -5.08. The van der Waals surface area contributed by atoms with Gasteiger partial charge >= 0.3 is 48.6 Å². The molecule has 0 atom stereocenters. The summed E-state index contributed by atoms with van der Waals surface area (Å²) in [6.45, 7) is 9.80. The number of benzene rings is 2. The number of hydrogen-bond donors (Lipinski definition) is 6. The molecule has 5 rings (SSSR count). The Kier molecular flexibility index (Phi) is 22.6. The van der Waals surface area contributed by atoms with Gasteiger partial charge in [0.2, 0.25) is 5.91 Å². The number of rotatable bonds is 8. The highest BCUT2D eigenvalue weighted by Crippen LogP contribution is 2.38. The first-order chi connectivity index (χ1) is 29.9. The Balaban J connectivity index is 0.000000610. The van der Waals surface area contributed by atoms with Crippen LogP contribution in [0.5, 0.6) is 0 Å². The number of nitrogens with one attached hydrogen (secondary N) is 1. The monoisotopic (exact) mass is 960 g/mol. The molecular formula is C37H44F12N6O10. The summed E-state index contributed by atoms with van der Waals surface area (Å²) in [7, 11) is 0. The molecule has 0 aromatic heterocycles. The number of nitrogens with zero attached hydrogens (tertiary/aromatic N) is 4. The summed E-state index contributed by atoms with van der Waals surface area (Å²) in [5.74, 6) is -10.5. The van der Waals surface area contributed by atoms with E-state index < -0.39 is 48.6 Å². The van der Waals surface area contributed by atoms with Gasteiger partial charge in [0.15, 0.2) is 0 Å². The van der Waals surface area contributed by atoms with Crippen molar-refractivity contribution in [2.45, 2.75) is 50.4 Å². The molecule has 3 aliphatic rings. The SMILES string of the molecule is NCCN1CCN(CCCC2CCN(CC(=O)N3c4ccccc4NC(=O)c4ccccc43)CC2)CC1.O=C(O)C(F)(F)F.O=C(O)C(F)(F)F.O=C(O)C(F)(F)F.O=C(O)C(F)(F)F. The second-order valence-electron chi connectivity index (χ2n) is 13.8. The minimum Gasteiger partial charge on any atom is -0.475 e. The van der Waals surface area contributed by atoms with Crippen LogP contribution in [0.2, 0.25) is 0 Å². The minimum absolute atomic E-state index is 0.00336. The molecule has 0 bridgehead atoms. The van der Waals surface area contributed by atoms with Crippen molar-refractivity contribution in [2.75, 3.05) is 75.7 Å². The highest BCUT2D eigenvalue weighted by molar-refractivity contribution is 6.17. The van der Waals surface area contributed by atoms with Crippen molar-refractivity contribution in [3.8, 4) is 0 Å². The number of fused-ring (bicyclic) bond motifs is 2. The van der Waals surface area contributed by atoms with Gasteiger partial charge in [0.1, 0.15) is 0 Å². The molecule has 3 heterocycles. The topological polar surface area (TPSA) is 234 Å². The number of carboxylic acid groups (broad SMARTS) is 4. The Hall–Kier alpha value is -5.74. The number of anilines is 3. The predicted octanol–water partition coefficient (Wildman–Crippen LogP) is 5.52. The predicted molar refractivity (Wildman–Crippen MR) is 203 cm³/mol. The third-order valence-corrected chi connectivity index (χ3v) is 9.07. The molecule has 16 nitrogen and oxygen atoms in total. The number of amides is 2. The van der Waals surface area contributed by atoms with Crippen molar-refractivity contribution < 1.29 is 102 Å². The Morgan fingerprint density at radius 2 is 0.969 bits per heavy atom. The molecule has 2 aromatic rings. The van der Waals surface area contributed by atoms with Gasteiger partial charge in [-0.05, 0) is 75.5 Å². The first kappa shape index (κ1) is 57.3. The van der Waals surface area contributed by atoms with Crippen molar-refractivity contribution in [1.29, 1.82) is 0 Å². The molecular weight excluding hydrogens is 916 g/mol. The van der Waals surface area contributed by atoms with Crippen molar-refractivity contribution in [2.24, 2.45) is 11.7 Å². The molecule has 2 amide bonds. The summed E-state index contributed by atoms with van der Waals surface area (Å²) in [4.78, 5) is 71.1. The van der Waals surface area contributed by atoms with Crippen LogP contribution < -0.4 is 16.0 Å². The molecule has 2 aromatic carbocycles. The van der Waals surface area contributed by atoms with Crippen LogP contribution in [0.1, 0.15) is 36.0 Å². The van der Waals surface area contributed by atoms with Gasteiger partial charge in [0.05, 0.1) is 29.2 Å². The van der Waals surface area contributed by atoms with Crippen LogP contribution in [-0.2, 0) is 24.0 Å².